The normalized spacial score (nSPS) is 14.7. The molecule has 0 atom stereocenters. The molecular weight excluding hydrogens is 570 g/mol. The Hall–Kier alpha value is -4.98. The molecule has 0 spiro atoms. The summed E-state index contributed by atoms with van der Waals surface area (Å²) in [6.07, 6.45) is -1.19. The molecule has 2 N–H and O–H groups in total. The van der Waals surface area contributed by atoms with Gasteiger partial charge in [0.05, 0.1) is 17.4 Å². The molecule has 43 heavy (non-hydrogen) atoms. The van der Waals surface area contributed by atoms with Crippen LogP contribution in [0.2, 0.25) is 0 Å². The van der Waals surface area contributed by atoms with E-state index < -0.39 is 29.2 Å². The fraction of sp³-hybridized carbons (Fsp3) is 0.241. The third kappa shape index (κ3) is 5.48. The number of alkyl halides is 3. The lowest BCUT2D eigenvalue weighted by atomic mass is 10.1. The van der Waals surface area contributed by atoms with Gasteiger partial charge in [0.1, 0.15) is 5.52 Å². The van der Waals surface area contributed by atoms with Crippen LogP contribution in [0.5, 0.6) is 11.5 Å². The molecule has 0 aliphatic carbocycles. The molecule has 14 heteroatoms. The van der Waals surface area contributed by atoms with Gasteiger partial charge >= 0.3 is 11.9 Å². The Morgan fingerprint density at radius 2 is 1.81 bits per heavy atom. The Bertz CT molecular complexity index is 1860. The highest BCUT2D eigenvalue weighted by molar-refractivity contribution is 6.05. The first-order valence-corrected chi connectivity index (χ1v) is 13.4. The van der Waals surface area contributed by atoms with Gasteiger partial charge in [-0.3, -0.25) is 14.3 Å². The fourth-order valence-corrected chi connectivity index (χ4v) is 5.24. The zero-order valence-corrected chi connectivity index (χ0v) is 22.7. The van der Waals surface area contributed by atoms with Crippen molar-refractivity contribution in [2.75, 3.05) is 25.5 Å². The van der Waals surface area contributed by atoms with Crippen LogP contribution in [0.4, 0.5) is 23.2 Å². The maximum absolute atomic E-state index is 15.2. The average Bonchev–Trinajstić information content (AvgIpc) is 3.58. The average molecular weight is 596 g/mol. The summed E-state index contributed by atoms with van der Waals surface area (Å²) in [6.45, 7) is 1.61. The maximum Gasteiger partial charge on any atom is 0.434 e. The van der Waals surface area contributed by atoms with Crippen LogP contribution in [0.1, 0.15) is 34.9 Å². The number of hydrogen-bond donors (Lipinski definition) is 2. The van der Waals surface area contributed by atoms with Crippen LogP contribution in [0.15, 0.2) is 71.8 Å². The number of ether oxygens (including phenoxy) is 1. The van der Waals surface area contributed by atoms with Crippen molar-refractivity contribution in [3.8, 4) is 17.2 Å². The SMILES string of the molecule is CN1CCC(n2c(=O)[nH]c3nccc(Oc4ccc(NC(=O)c5cnn(-c6ccccc6)c5C(F)(F)F)cc4F)c32)CC1. The number of benzene rings is 2. The third-order valence-electron chi connectivity index (χ3n) is 7.32. The highest BCUT2D eigenvalue weighted by atomic mass is 19.4. The number of pyridine rings is 1. The van der Waals surface area contributed by atoms with E-state index in [1.54, 1.807) is 22.8 Å². The van der Waals surface area contributed by atoms with Crippen molar-refractivity contribution in [2.45, 2.75) is 25.1 Å². The summed E-state index contributed by atoms with van der Waals surface area (Å²) < 4.78 is 65.2. The minimum absolute atomic E-state index is 0.0970. The van der Waals surface area contributed by atoms with Crippen LogP contribution >= 0.6 is 0 Å². The number of nitrogens with zero attached hydrogens (tertiary/aromatic N) is 5. The highest BCUT2D eigenvalue weighted by Gasteiger charge is 2.40. The zero-order chi connectivity index (χ0) is 30.3. The number of H-pyrrole nitrogens is 1. The molecule has 4 heterocycles. The number of imidazole rings is 1. The van der Waals surface area contributed by atoms with Crippen LogP contribution in [-0.2, 0) is 6.18 Å². The van der Waals surface area contributed by atoms with E-state index in [0.29, 0.717) is 15.8 Å². The van der Waals surface area contributed by atoms with Crippen LogP contribution in [0.25, 0.3) is 16.9 Å². The van der Waals surface area contributed by atoms with Crippen molar-refractivity contribution in [1.29, 1.82) is 0 Å². The third-order valence-corrected chi connectivity index (χ3v) is 7.32. The van der Waals surface area contributed by atoms with Gasteiger partial charge in [-0.25, -0.2) is 18.9 Å². The van der Waals surface area contributed by atoms with Gasteiger partial charge in [0.25, 0.3) is 5.91 Å². The summed E-state index contributed by atoms with van der Waals surface area (Å²) in [4.78, 5) is 34.9. The van der Waals surface area contributed by atoms with Crippen molar-refractivity contribution in [1.82, 2.24) is 29.2 Å². The smallest absolute Gasteiger partial charge is 0.434 e. The Kier molecular flexibility index (Phi) is 7.22. The summed E-state index contributed by atoms with van der Waals surface area (Å²) in [5.74, 6) is -2.03. The summed E-state index contributed by atoms with van der Waals surface area (Å²) in [5, 5.41) is 6.08. The van der Waals surface area contributed by atoms with Gasteiger partial charge < -0.3 is 15.0 Å². The molecule has 1 aliphatic heterocycles. The van der Waals surface area contributed by atoms with E-state index in [0.717, 1.165) is 38.2 Å². The molecule has 1 fully saturated rings. The molecule has 2 aromatic carbocycles. The second-order valence-electron chi connectivity index (χ2n) is 10.2. The van der Waals surface area contributed by atoms with Crippen molar-refractivity contribution in [3.63, 3.8) is 0 Å². The number of amides is 1. The second-order valence-corrected chi connectivity index (χ2v) is 10.2. The van der Waals surface area contributed by atoms with E-state index in [9.17, 15) is 22.8 Å². The number of aromatic amines is 1. The van der Waals surface area contributed by atoms with E-state index in [-0.39, 0.29) is 34.6 Å². The Balaban J connectivity index is 1.26. The van der Waals surface area contributed by atoms with Gasteiger partial charge in [-0.15, -0.1) is 0 Å². The number of carbonyl (C=O) groups excluding carboxylic acids is 1. The molecule has 0 bridgehead atoms. The molecule has 1 aliphatic rings. The van der Waals surface area contributed by atoms with E-state index >= 15 is 4.39 Å². The van der Waals surface area contributed by atoms with Gasteiger partial charge in [0.15, 0.2) is 28.7 Å². The second kappa shape index (κ2) is 11.0. The van der Waals surface area contributed by atoms with Gasteiger partial charge in [0, 0.05) is 30.1 Å². The molecule has 0 radical (unpaired) electrons. The Morgan fingerprint density at radius 3 is 2.51 bits per heavy atom. The fourth-order valence-electron chi connectivity index (χ4n) is 5.24. The molecule has 6 rings (SSSR count). The van der Waals surface area contributed by atoms with E-state index in [4.69, 9.17) is 4.74 Å². The molecular formula is C29H25F4N7O3. The van der Waals surface area contributed by atoms with Crippen molar-refractivity contribution in [3.05, 3.63) is 94.5 Å². The summed E-state index contributed by atoms with van der Waals surface area (Å²) in [7, 11) is 2.01. The standard InChI is InChI=1S/C29H25F4N7O3/c1-38-13-10-18(11-14-38)39-24-23(9-12-34-26(24)37-28(39)42)43-22-8-7-17(15-21(22)30)36-27(41)20-16-35-40(25(20)29(31,32)33)19-5-3-2-4-6-19/h2-9,12,15-16,18H,10-11,13-14H2,1H3,(H,36,41)(H,34,37,42). The first-order valence-electron chi connectivity index (χ1n) is 13.4. The molecule has 10 nitrogen and oxygen atoms in total. The topological polar surface area (TPSA) is 110 Å². The molecule has 0 unspecified atom stereocenters. The molecule has 222 valence electrons. The summed E-state index contributed by atoms with van der Waals surface area (Å²) in [6, 6.07) is 12.5. The highest BCUT2D eigenvalue weighted by Crippen LogP contribution is 2.35. The van der Waals surface area contributed by atoms with Crippen molar-refractivity contribution in [2.24, 2.45) is 0 Å². The Morgan fingerprint density at radius 1 is 1.07 bits per heavy atom. The van der Waals surface area contributed by atoms with Crippen LogP contribution in [-0.4, -0.2) is 55.3 Å². The van der Waals surface area contributed by atoms with E-state index in [1.165, 1.54) is 36.5 Å². The summed E-state index contributed by atoms with van der Waals surface area (Å²) >= 11 is 0. The largest absolute Gasteiger partial charge is 0.452 e. The molecule has 0 saturated carbocycles. The molecule has 3 aromatic heterocycles. The number of nitrogens with one attached hydrogen (secondary N) is 2. The quantitative estimate of drug-likeness (QED) is 0.255. The number of hydrogen-bond acceptors (Lipinski definition) is 6. The Labute approximate surface area is 241 Å². The number of rotatable bonds is 6. The lowest BCUT2D eigenvalue weighted by Crippen LogP contribution is -2.34. The number of anilines is 1. The number of para-hydroxylation sites is 1. The van der Waals surface area contributed by atoms with E-state index in [1.807, 2.05) is 7.05 Å². The summed E-state index contributed by atoms with van der Waals surface area (Å²) in [5.41, 5.74) is -1.62. The van der Waals surface area contributed by atoms with Gasteiger partial charge in [0.2, 0.25) is 0 Å². The molecule has 1 amide bonds. The molecule has 5 aromatic rings. The van der Waals surface area contributed by atoms with Crippen LogP contribution < -0.4 is 15.7 Å². The lowest BCUT2D eigenvalue weighted by Gasteiger charge is -2.29. The minimum atomic E-state index is -4.90. The first-order chi connectivity index (χ1) is 20.6. The number of piperidine rings is 1. The lowest BCUT2D eigenvalue weighted by molar-refractivity contribution is -0.143. The van der Waals surface area contributed by atoms with Crippen LogP contribution in [0.3, 0.4) is 0 Å². The van der Waals surface area contributed by atoms with Gasteiger partial charge in [-0.1, -0.05) is 18.2 Å². The first kappa shape index (κ1) is 28.2. The monoisotopic (exact) mass is 595 g/mol. The zero-order valence-electron chi connectivity index (χ0n) is 22.7. The van der Waals surface area contributed by atoms with Gasteiger partial charge in [-0.05, 0) is 57.2 Å². The molecule has 1 saturated heterocycles. The van der Waals surface area contributed by atoms with Crippen molar-refractivity contribution >= 4 is 22.8 Å². The number of likely N-dealkylation sites (tertiary alicyclic amines) is 1. The number of aromatic nitrogens is 5. The van der Waals surface area contributed by atoms with Crippen LogP contribution in [0, 0.1) is 5.82 Å². The van der Waals surface area contributed by atoms with Gasteiger partial charge in [-0.2, -0.15) is 18.3 Å². The number of carbonyl (C=O) groups is 1. The minimum Gasteiger partial charge on any atom is -0.452 e. The predicted octanol–water partition coefficient (Wildman–Crippen LogP) is 5.38. The van der Waals surface area contributed by atoms with E-state index in [2.05, 4.69) is 25.3 Å². The van der Waals surface area contributed by atoms with Crippen molar-refractivity contribution < 1.29 is 27.1 Å². The maximum atomic E-state index is 15.2. The predicted molar refractivity (Wildman–Crippen MR) is 149 cm³/mol. The number of halogens is 4. The number of fused-ring (bicyclic) bond motifs is 1.